The van der Waals surface area contributed by atoms with Crippen molar-refractivity contribution in [2.45, 2.75) is 110 Å². The first-order valence-electron chi connectivity index (χ1n) is 19.4. The number of anilines is 1. The molecule has 5 aromatic rings. The van der Waals surface area contributed by atoms with Crippen molar-refractivity contribution in [2.24, 2.45) is 0 Å². The van der Waals surface area contributed by atoms with Crippen molar-refractivity contribution in [1.29, 1.82) is 0 Å². The molecule has 1 fully saturated rings. The molecule has 9 heteroatoms. The van der Waals surface area contributed by atoms with Crippen LogP contribution in [-0.2, 0) is 32.2 Å². The van der Waals surface area contributed by atoms with E-state index in [-0.39, 0.29) is 36.1 Å². The molecule has 1 saturated heterocycles. The molecule has 1 amide bonds. The number of ether oxygens (including phenoxy) is 4. The quantitative estimate of drug-likeness (QED) is 0.120. The van der Waals surface area contributed by atoms with Gasteiger partial charge in [-0.25, -0.2) is 4.39 Å². The molecule has 2 atom stereocenters. The van der Waals surface area contributed by atoms with E-state index in [2.05, 4.69) is 23.7 Å². The summed E-state index contributed by atoms with van der Waals surface area (Å²) in [5.74, 6) is -1.43. The second-order valence-electron chi connectivity index (χ2n) is 16.1. The summed E-state index contributed by atoms with van der Waals surface area (Å²) in [5, 5.41) is 3.20. The van der Waals surface area contributed by atoms with Crippen LogP contribution < -0.4 is 10.1 Å². The maximum absolute atomic E-state index is 14.9. The molecule has 0 bridgehead atoms. The summed E-state index contributed by atoms with van der Waals surface area (Å²) in [6.45, 7) is 14.2. The smallest absolute Gasteiger partial charge is 0.308 e. The Morgan fingerprint density at radius 3 is 2.14 bits per heavy atom. The van der Waals surface area contributed by atoms with Crippen LogP contribution in [-0.4, -0.2) is 40.0 Å². The van der Waals surface area contributed by atoms with Gasteiger partial charge in [-0.1, -0.05) is 86.6 Å². The normalized spacial score (nSPS) is 16.7. The summed E-state index contributed by atoms with van der Waals surface area (Å²) >= 11 is 0. The van der Waals surface area contributed by atoms with Gasteiger partial charge in [0.1, 0.15) is 23.8 Å². The van der Waals surface area contributed by atoms with E-state index in [1.807, 2.05) is 120 Å². The summed E-state index contributed by atoms with van der Waals surface area (Å²) in [6, 6.07) is 33.6. The second-order valence-corrected chi connectivity index (χ2v) is 16.1. The average molecular weight is 761 g/mol. The highest BCUT2D eigenvalue weighted by Gasteiger charge is 2.38. The zero-order valence-electron chi connectivity index (χ0n) is 33.4. The molecule has 0 unspecified atom stereocenters. The molecule has 1 aromatic heterocycles. The minimum Gasteiger partial charge on any atom is -0.487 e. The fraction of sp³-hybridized carbons (Fsp3) is 0.362. The zero-order chi connectivity index (χ0) is 40.0. The van der Waals surface area contributed by atoms with Crippen LogP contribution >= 0.6 is 0 Å². The Balaban J connectivity index is 1.41. The molecule has 1 aliphatic rings. The zero-order valence-corrected chi connectivity index (χ0v) is 33.4. The number of rotatable bonds is 13. The number of hydrogen-bond acceptors (Lipinski definition) is 6. The highest BCUT2D eigenvalue weighted by atomic mass is 19.1. The van der Waals surface area contributed by atoms with Crippen LogP contribution in [0.1, 0.15) is 95.3 Å². The van der Waals surface area contributed by atoms with Crippen LogP contribution in [0, 0.1) is 5.82 Å². The Morgan fingerprint density at radius 1 is 0.857 bits per heavy atom. The molecule has 8 nitrogen and oxygen atoms in total. The van der Waals surface area contributed by atoms with Crippen LogP contribution in [0.15, 0.2) is 109 Å². The number of carbonyl (C=O) groups excluding carboxylic acids is 2. The van der Waals surface area contributed by atoms with Crippen LogP contribution in [0.5, 0.6) is 5.75 Å². The molecule has 4 aromatic carbocycles. The topological polar surface area (TPSA) is 88.0 Å². The number of esters is 1. The lowest BCUT2D eigenvalue weighted by molar-refractivity contribution is -0.301. The van der Waals surface area contributed by atoms with E-state index in [9.17, 15) is 14.0 Å². The SMILES string of the molecule is CC(C)c1c(C(=O)Nc2ccccc2OCc2ccccc2)c(-c2ccccc2)c(-c2ccc(F)cc2)n1CC[C@@H]1C[C@@H](CC(=O)OC(C)(C)C)OC(C)(C)O1. The van der Waals surface area contributed by atoms with Gasteiger partial charge in [-0.2, -0.15) is 0 Å². The van der Waals surface area contributed by atoms with E-state index >= 15 is 0 Å². The second kappa shape index (κ2) is 17.3. The first-order chi connectivity index (χ1) is 26.7. The Kier molecular flexibility index (Phi) is 12.5. The largest absolute Gasteiger partial charge is 0.487 e. The molecule has 0 radical (unpaired) electrons. The number of aromatic nitrogens is 1. The van der Waals surface area contributed by atoms with Crippen LogP contribution in [0.4, 0.5) is 10.1 Å². The maximum atomic E-state index is 14.9. The van der Waals surface area contributed by atoms with Gasteiger partial charge < -0.3 is 28.8 Å². The molecule has 1 aliphatic heterocycles. The van der Waals surface area contributed by atoms with E-state index < -0.39 is 17.5 Å². The molecule has 0 spiro atoms. The van der Waals surface area contributed by atoms with Crippen molar-refractivity contribution < 1.29 is 32.9 Å². The summed E-state index contributed by atoms with van der Waals surface area (Å²) in [4.78, 5) is 27.8. The average Bonchev–Trinajstić information content (AvgIpc) is 3.49. The third-order valence-corrected chi connectivity index (χ3v) is 9.55. The summed E-state index contributed by atoms with van der Waals surface area (Å²) < 4.78 is 41.2. The molecular formula is C47H53FN2O6. The number of benzene rings is 4. The van der Waals surface area contributed by atoms with Crippen molar-refractivity contribution in [3.8, 4) is 28.1 Å². The lowest BCUT2D eigenvalue weighted by atomic mass is 9.94. The number of halogens is 1. The van der Waals surface area contributed by atoms with E-state index in [0.29, 0.717) is 43.0 Å². The van der Waals surface area contributed by atoms with Gasteiger partial charge >= 0.3 is 5.97 Å². The molecule has 1 N–H and O–H groups in total. The first-order valence-corrected chi connectivity index (χ1v) is 19.4. The Morgan fingerprint density at radius 2 is 1.48 bits per heavy atom. The standard InChI is InChI=1S/C47H53FN2O6/c1-31(2)43-42(45(52)49-38-20-14-15-21-39(38)53-30-32-16-10-8-11-17-32)41(33-18-12-9-13-19-33)44(34-22-24-35(48)25-23-34)50(43)27-26-36-28-37(55-47(6,7)54-36)29-40(51)56-46(3,4)5/h8-25,31,36-37H,26-30H2,1-7H3,(H,49,52)/t36-,37+/m1/s1. The van der Waals surface area contributed by atoms with Gasteiger partial charge in [-0.05, 0) is 100 Å². The van der Waals surface area contributed by atoms with Gasteiger partial charge in [0.15, 0.2) is 5.79 Å². The summed E-state index contributed by atoms with van der Waals surface area (Å²) in [6.07, 6.45) is 0.508. The molecule has 0 aliphatic carbocycles. The highest BCUT2D eigenvalue weighted by Crippen LogP contribution is 2.43. The van der Waals surface area contributed by atoms with E-state index in [1.165, 1.54) is 12.1 Å². The number of hydrogen-bond donors (Lipinski definition) is 1. The van der Waals surface area contributed by atoms with Crippen molar-refractivity contribution in [2.75, 3.05) is 5.32 Å². The Labute approximate surface area is 329 Å². The van der Waals surface area contributed by atoms with E-state index in [1.54, 1.807) is 12.1 Å². The van der Waals surface area contributed by atoms with Gasteiger partial charge in [0.25, 0.3) is 5.91 Å². The number of amides is 1. The monoisotopic (exact) mass is 760 g/mol. The minimum absolute atomic E-state index is 0.0936. The molecule has 0 saturated carbocycles. The van der Waals surface area contributed by atoms with Crippen molar-refractivity contribution >= 4 is 17.6 Å². The predicted molar refractivity (Wildman–Crippen MR) is 218 cm³/mol. The van der Waals surface area contributed by atoms with Gasteiger partial charge in [0, 0.05) is 24.2 Å². The molecule has 56 heavy (non-hydrogen) atoms. The van der Waals surface area contributed by atoms with Crippen LogP contribution in [0.25, 0.3) is 22.4 Å². The van der Waals surface area contributed by atoms with Crippen molar-refractivity contribution in [3.63, 3.8) is 0 Å². The van der Waals surface area contributed by atoms with Gasteiger partial charge in [-0.15, -0.1) is 0 Å². The van der Waals surface area contributed by atoms with Gasteiger partial charge in [0.05, 0.1) is 35.6 Å². The maximum Gasteiger partial charge on any atom is 0.308 e. The lowest BCUT2D eigenvalue weighted by Crippen LogP contribution is -2.46. The summed E-state index contributed by atoms with van der Waals surface area (Å²) in [7, 11) is 0. The fourth-order valence-corrected chi connectivity index (χ4v) is 7.47. The van der Waals surface area contributed by atoms with Crippen LogP contribution in [0.3, 0.4) is 0 Å². The predicted octanol–water partition coefficient (Wildman–Crippen LogP) is 10.9. The lowest BCUT2D eigenvalue weighted by Gasteiger charge is -2.41. The van der Waals surface area contributed by atoms with E-state index in [4.69, 9.17) is 18.9 Å². The van der Waals surface area contributed by atoms with Gasteiger partial charge in [0.2, 0.25) is 0 Å². The third-order valence-electron chi connectivity index (χ3n) is 9.55. The van der Waals surface area contributed by atoms with E-state index in [0.717, 1.165) is 33.6 Å². The van der Waals surface area contributed by atoms with Crippen molar-refractivity contribution in [1.82, 2.24) is 4.57 Å². The number of nitrogens with zero attached hydrogens (tertiary/aromatic N) is 1. The Hall–Kier alpha value is -5.25. The molecule has 294 valence electrons. The third kappa shape index (κ3) is 10.1. The first kappa shape index (κ1) is 40.4. The van der Waals surface area contributed by atoms with Gasteiger partial charge in [-0.3, -0.25) is 9.59 Å². The fourth-order valence-electron chi connectivity index (χ4n) is 7.47. The molecular weight excluding hydrogens is 708 g/mol. The van der Waals surface area contributed by atoms with Crippen molar-refractivity contribution in [3.05, 3.63) is 132 Å². The number of nitrogens with one attached hydrogen (secondary N) is 1. The molecule has 6 rings (SSSR count). The number of carbonyl (C=O) groups is 2. The van der Waals surface area contributed by atoms with Crippen LogP contribution in [0.2, 0.25) is 0 Å². The molecule has 2 heterocycles. The summed E-state index contributed by atoms with van der Waals surface area (Å²) in [5.41, 5.74) is 5.49. The highest BCUT2D eigenvalue weighted by molar-refractivity contribution is 6.13. The Bertz CT molecular complexity index is 2100. The number of para-hydroxylation sites is 2. The minimum atomic E-state index is -0.927.